The number of methoxy groups -OCH3 is 1. The van der Waals surface area contributed by atoms with Crippen LogP contribution in [0.15, 0.2) is 0 Å². The Bertz CT molecular complexity index is 153. The molecule has 0 bridgehead atoms. The van der Waals surface area contributed by atoms with Gasteiger partial charge in [-0.3, -0.25) is 0 Å². The summed E-state index contributed by atoms with van der Waals surface area (Å²) in [6.07, 6.45) is 6.48. The molecule has 2 unspecified atom stereocenters. The molecule has 1 nitrogen and oxygen atoms in total. The Morgan fingerprint density at radius 2 is 2.27 bits per heavy atom. The predicted molar refractivity (Wildman–Crippen MR) is 52.7 cm³/mol. The van der Waals surface area contributed by atoms with Crippen molar-refractivity contribution in [1.82, 2.24) is 0 Å². The summed E-state index contributed by atoms with van der Waals surface area (Å²) >= 11 is 0. The minimum atomic E-state index is 0.372. The molecule has 0 saturated carbocycles. The molecular formula is C8H12OS2. The number of hydrogen-bond acceptors (Lipinski definition) is 3. The van der Waals surface area contributed by atoms with Crippen LogP contribution in [0.5, 0.6) is 0 Å². The van der Waals surface area contributed by atoms with Crippen molar-refractivity contribution < 1.29 is 4.74 Å². The summed E-state index contributed by atoms with van der Waals surface area (Å²) in [5.74, 6) is 5.47. The highest BCUT2D eigenvalue weighted by Gasteiger charge is 2.24. The Hall–Kier alpha value is 0.220. The fourth-order valence-electron chi connectivity index (χ4n) is 1.10. The van der Waals surface area contributed by atoms with E-state index in [9.17, 15) is 0 Å². The maximum atomic E-state index is 5.33. The SMILES string of the molecule is C#CCC1CSSCC1OC. The molecule has 0 aliphatic carbocycles. The van der Waals surface area contributed by atoms with Gasteiger partial charge in [0.15, 0.2) is 0 Å². The van der Waals surface area contributed by atoms with Gasteiger partial charge in [0.2, 0.25) is 0 Å². The maximum absolute atomic E-state index is 5.33. The zero-order chi connectivity index (χ0) is 8.10. The van der Waals surface area contributed by atoms with E-state index in [4.69, 9.17) is 11.2 Å². The Labute approximate surface area is 76.0 Å². The van der Waals surface area contributed by atoms with Gasteiger partial charge in [-0.2, -0.15) is 0 Å². The molecule has 62 valence electrons. The van der Waals surface area contributed by atoms with Crippen LogP contribution in [0.25, 0.3) is 0 Å². The van der Waals surface area contributed by atoms with E-state index in [2.05, 4.69) is 5.92 Å². The summed E-state index contributed by atoms with van der Waals surface area (Å²) in [6.45, 7) is 0. The van der Waals surface area contributed by atoms with E-state index in [-0.39, 0.29) is 0 Å². The van der Waals surface area contributed by atoms with Crippen LogP contribution in [0.1, 0.15) is 6.42 Å². The third-order valence-electron chi connectivity index (χ3n) is 1.81. The van der Waals surface area contributed by atoms with Gasteiger partial charge in [-0.05, 0) is 0 Å². The largest absolute Gasteiger partial charge is 0.380 e. The van der Waals surface area contributed by atoms with Crippen molar-refractivity contribution >= 4 is 21.6 Å². The molecule has 0 N–H and O–H groups in total. The highest BCUT2D eigenvalue weighted by atomic mass is 33.1. The van der Waals surface area contributed by atoms with Crippen molar-refractivity contribution in [1.29, 1.82) is 0 Å². The van der Waals surface area contributed by atoms with Crippen molar-refractivity contribution in [3.05, 3.63) is 0 Å². The number of hydrogen-bond donors (Lipinski definition) is 0. The molecule has 0 spiro atoms. The Balaban J connectivity index is 2.39. The van der Waals surface area contributed by atoms with Gasteiger partial charge in [-0.15, -0.1) is 12.3 Å². The Kier molecular flexibility index (Phi) is 4.21. The highest BCUT2D eigenvalue weighted by Crippen LogP contribution is 2.35. The third kappa shape index (κ3) is 2.62. The molecule has 0 aromatic carbocycles. The highest BCUT2D eigenvalue weighted by molar-refractivity contribution is 8.76. The van der Waals surface area contributed by atoms with Crippen molar-refractivity contribution in [2.75, 3.05) is 18.6 Å². The molecule has 1 saturated heterocycles. The van der Waals surface area contributed by atoms with E-state index in [1.165, 1.54) is 0 Å². The van der Waals surface area contributed by atoms with Gasteiger partial charge in [0.1, 0.15) is 0 Å². The molecule has 1 fully saturated rings. The van der Waals surface area contributed by atoms with Gasteiger partial charge in [-0.1, -0.05) is 21.6 Å². The Morgan fingerprint density at radius 1 is 1.55 bits per heavy atom. The normalized spacial score (nSPS) is 31.3. The van der Waals surface area contributed by atoms with E-state index in [0.29, 0.717) is 12.0 Å². The van der Waals surface area contributed by atoms with Gasteiger partial charge in [0.25, 0.3) is 0 Å². The number of rotatable bonds is 2. The van der Waals surface area contributed by atoms with Crippen molar-refractivity contribution in [3.63, 3.8) is 0 Å². The monoisotopic (exact) mass is 188 g/mol. The summed E-state index contributed by atoms with van der Waals surface area (Å²) in [6, 6.07) is 0. The fourth-order valence-corrected chi connectivity index (χ4v) is 3.84. The number of ether oxygens (including phenoxy) is 1. The van der Waals surface area contributed by atoms with Crippen LogP contribution in [-0.4, -0.2) is 24.7 Å². The first-order valence-electron chi connectivity index (χ1n) is 3.59. The molecule has 0 amide bonds. The van der Waals surface area contributed by atoms with Crippen LogP contribution in [-0.2, 0) is 4.74 Å². The lowest BCUT2D eigenvalue weighted by molar-refractivity contribution is 0.0806. The summed E-state index contributed by atoms with van der Waals surface area (Å²) in [5, 5.41) is 0. The molecule has 3 heteroatoms. The van der Waals surface area contributed by atoms with E-state index in [1.807, 2.05) is 21.6 Å². The van der Waals surface area contributed by atoms with Crippen LogP contribution >= 0.6 is 21.6 Å². The van der Waals surface area contributed by atoms with Gasteiger partial charge in [-0.25, -0.2) is 0 Å². The van der Waals surface area contributed by atoms with Crippen LogP contribution < -0.4 is 0 Å². The van der Waals surface area contributed by atoms with E-state index < -0.39 is 0 Å². The lowest BCUT2D eigenvalue weighted by Crippen LogP contribution is -2.29. The van der Waals surface area contributed by atoms with Crippen molar-refractivity contribution in [2.24, 2.45) is 5.92 Å². The molecule has 1 aliphatic heterocycles. The van der Waals surface area contributed by atoms with E-state index in [1.54, 1.807) is 7.11 Å². The zero-order valence-electron chi connectivity index (χ0n) is 6.58. The van der Waals surface area contributed by atoms with Gasteiger partial charge in [0.05, 0.1) is 6.10 Å². The first-order valence-corrected chi connectivity index (χ1v) is 6.08. The first kappa shape index (κ1) is 9.31. The zero-order valence-corrected chi connectivity index (χ0v) is 8.21. The Morgan fingerprint density at radius 3 is 2.91 bits per heavy atom. The summed E-state index contributed by atoms with van der Waals surface area (Å²) in [5.41, 5.74) is 0. The molecule has 0 aromatic rings. The average molecular weight is 188 g/mol. The lowest BCUT2D eigenvalue weighted by atomic mass is 10.0. The second-order valence-corrected chi connectivity index (χ2v) is 5.06. The minimum Gasteiger partial charge on any atom is -0.380 e. The smallest absolute Gasteiger partial charge is 0.0715 e. The van der Waals surface area contributed by atoms with Crippen molar-refractivity contribution in [3.8, 4) is 12.3 Å². The maximum Gasteiger partial charge on any atom is 0.0715 e. The van der Waals surface area contributed by atoms with Gasteiger partial charge in [0, 0.05) is 31.0 Å². The second-order valence-electron chi connectivity index (χ2n) is 2.51. The number of terminal acetylenes is 1. The predicted octanol–water partition coefficient (Wildman–Crippen LogP) is 2.04. The minimum absolute atomic E-state index is 0.372. The summed E-state index contributed by atoms with van der Waals surface area (Å²) < 4.78 is 5.33. The summed E-state index contributed by atoms with van der Waals surface area (Å²) in [7, 11) is 5.55. The molecule has 11 heavy (non-hydrogen) atoms. The fraction of sp³-hybridized carbons (Fsp3) is 0.750. The average Bonchev–Trinajstić information content (AvgIpc) is 2.06. The summed E-state index contributed by atoms with van der Waals surface area (Å²) in [4.78, 5) is 0. The molecular weight excluding hydrogens is 176 g/mol. The lowest BCUT2D eigenvalue weighted by Gasteiger charge is -2.27. The molecule has 1 heterocycles. The van der Waals surface area contributed by atoms with Crippen molar-refractivity contribution in [2.45, 2.75) is 12.5 Å². The van der Waals surface area contributed by atoms with Crippen LogP contribution in [0.2, 0.25) is 0 Å². The van der Waals surface area contributed by atoms with E-state index in [0.717, 1.165) is 17.9 Å². The topological polar surface area (TPSA) is 9.23 Å². The molecule has 2 atom stereocenters. The van der Waals surface area contributed by atoms with E-state index >= 15 is 0 Å². The van der Waals surface area contributed by atoms with Crippen LogP contribution in [0, 0.1) is 18.3 Å². The molecule has 1 aliphatic rings. The standard InChI is InChI=1S/C8H12OS2/c1-3-4-7-5-10-11-6-8(7)9-2/h1,7-8H,4-6H2,2H3. The van der Waals surface area contributed by atoms with Gasteiger partial charge >= 0.3 is 0 Å². The molecule has 0 radical (unpaired) electrons. The first-order chi connectivity index (χ1) is 5.38. The van der Waals surface area contributed by atoms with Crippen LogP contribution in [0.4, 0.5) is 0 Å². The molecule has 0 aromatic heterocycles. The van der Waals surface area contributed by atoms with Gasteiger partial charge < -0.3 is 4.74 Å². The molecule has 1 rings (SSSR count). The quantitative estimate of drug-likeness (QED) is 0.485. The second kappa shape index (κ2) is 4.97. The van der Waals surface area contributed by atoms with Crippen LogP contribution in [0.3, 0.4) is 0 Å². The third-order valence-corrected chi connectivity index (χ3v) is 4.32.